The fourth-order valence-electron chi connectivity index (χ4n) is 1.08. The number of nitrogens with zero attached hydrogens (tertiary/aromatic N) is 3. The van der Waals surface area contributed by atoms with Crippen molar-refractivity contribution >= 4 is 0 Å². The van der Waals surface area contributed by atoms with Gasteiger partial charge in [0.25, 0.3) is 0 Å². The molecule has 0 aliphatic carbocycles. The highest BCUT2D eigenvalue weighted by Gasteiger charge is 2.02. The van der Waals surface area contributed by atoms with Crippen molar-refractivity contribution < 1.29 is 5.11 Å². The van der Waals surface area contributed by atoms with Crippen LogP contribution in [0.15, 0.2) is 35.4 Å². The van der Waals surface area contributed by atoms with E-state index < -0.39 is 6.10 Å². The molecule has 1 rings (SSSR count). The van der Waals surface area contributed by atoms with Crippen LogP contribution < -0.4 is 0 Å². The fraction of sp³-hybridized carbons (Fsp3) is 0.333. The van der Waals surface area contributed by atoms with Crippen LogP contribution in [0.25, 0.3) is 10.4 Å². The summed E-state index contributed by atoms with van der Waals surface area (Å²) in [6.07, 6.45) is -0.0573. The highest BCUT2D eigenvalue weighted by atomic mass is 16.3. The van der Waals surface area contributed by atoms with Gasteiger partial charge in [-0.25, -0.2) is 0 Å². The zero-order valence-corrected chi connectivity index (χ0v) is 7.17. The summed E-state index contributed by atoms with van der Waals surface area (Å²) < 4.78 is 0. The molecule has 0 spiro atoms. The molecule has 68 valence electrons. The molecule has 4 nitrogen and oxygen atoms in total. The van der Waals surface area contributed by atoms with E-state index in [9.17, 15) is 5.11 Å². The number of aliphatic hydroxyl groups excluding tert-OH is 1. The third kappa shape index (κ3) is 3.60. The van der Waals surface area contributed by atoms with E-state index in [1.807, 2.05) is 30.3 Å². The van der Waals surface area contributed by atoms with Gasteiger partial charge in [0.05, 0.1) is 12.6 Å². The van der Waals surface area contributed by atoms with Crippen molar-refractivity contribution in [2.24, 2.45) is 5.11 Å². The van der Waals surface area contributed by atoms with E-state index in [2.05, 4.69) is 10.0 Å². The van der Waals surface area contributed by atoms with E-state index in [0.29, 0.717) is 6.42 Å². The van der Waals surface area contributed by atoms with Gasteiger partial charge in [-0.15, -0.1) is 0 Å². The van der Waals surface area contributed by atoms with E-state index in [1.165, 1.54) is 0 Å². The standard InChI is InChI=1S/C9H11N3O/c10-12-11-7-9(13)6-8-4-2-1-3-5-8/h1-5,9,13H,6-7H2. The van der Waals surface area contributed by atoms with E-state index in [0.717, 1.165) is 5.56 Å². The first-order chi connectivity index (χ1) is 6.33. The molecule has 4 heteroatoms. The van der Waals surface area contributed by atoms with Crippen LogP contribution in [0.5, 0.6) is 0 Å². The first-order valence-electron chi connectivity index (χ1n) is 4.06. The summed E-state index contributed by atoms with van der Waals surface area (Å²) in [6, 6.07) is 9.60. The van der Waals surface area contributed by atoms with Crippen molar-refractivity contribution in [1.82, 2.24) is 0 Å². The van der Waals surface area contributed by atoms with E-state index in [1.54, 1.807) is 0 Å². The third-order valence-corrected chi connectivity index (χ3v) is 1.67. The Kier molecular flexibility index (Phi) is 3.82. The molecule has 0 saturated heterocycles. The Bertz CT molecular complexity index is 293. The van der Waals surface area contributed by atoms with Crippen LogP contribution >= 0.6 is 0 Å². The van der Waals surface area contributed by atoms with Crippen LogP contribution in [0.2, 0.25) is 0 Å². The molecule has 1 N–H and O–H groups in total. The SMILES string of the molecule is [N-]=[N+]=NCC(O)Cc1ccccc1. The van der Waals surface area contributed by atoms with E-state index in [4.69, 9.17) is 5.53 Å². The lowest BCUT2D eigenvalue weighted by Gasteiger charge is -2.06. The Morgan fingerprint density at radius 2 is 2.08 bits per heavy atom. The van der Waals surface area contributed by atoms with Crippen LogP contribution in [0.4, 0.5) is 0 Å². The molecule has 1 atom stereocenters. The van der Waals surface area contributed by atoms with Crippen molar-refractivity contribution in [3.05, 3.63) is 46.3 Å². The molecule has 0 amide bonds. The summed E-state index contributed by atoms with van der Waals surface area (Å²) in [6.45, 7) is 0.130. The Hall–Kier alpha value is -1.51. The van der Waals surface area contributed by atoms with Crippen molar-refractivity contribution in [2.45, 2.75) is 12.5 Å². The molecule has 0 aliphatic heterocycles. The molecule has 0 saturated carbocycles. The lowest BCUT2D eigenvalue weighted by molar-refractivity contribution is 0.183. The summed E-state index contributed by atoms with van der Waals surface area (Å²) >= 11 is 0. The van der Waals surface area contributed by atoms with Gasteiger partial charge in [-0.3, -0.25) is 0 Å². The minimum Gasteiger partial charge on any atom is -0.393 e. The third-order valence-electron chi connectivity index (χ3n) is 1.67. The summed E-state index contributed by atoms with van der Waals surface area (Å²) in [7, 11) is 0. The van der Waals surface area contributed by atoms with Gasteiger partial charge in [-0.1, -0.05) is 35.4 Å². The van der Waals surface area contributed by atoms with Crippen LogP contribution in [-0.2, 0) is 6.42 Å². The van der Waals surface area contributed by atoms with Gasteiger partial charge in [0.15, 0.2) is 0 Å². The molecule has 1 unspecified atom stereocenters. The second-order valence-electron chi connectivity index (χ2n) is 2.76. The monoisotopic (exact) mass is 177 g/mol. The molecular formula is C9H11N3O. The van der Waals surface area contributed by atoms with Gasteiger partial charge in [0.1, 0.15) is 0 Å². The molecule has 0 aromatic heterocycles. The van der Waals surface area contributed by atoms with Crippen LogP contribution in [0.1, 0.15) is 5.56 Å². The first kappa shape index (κ1) is 9.58. The zero-order chi connectivity index (χ0) is 9.52. The molecule has 0 bridgehead atoms. The minimum absolute atomic E-state index is 0.130. The molecule has 0 fully saturated rings. The topological polar surface area (TPSA) is 69.0 Å². The van der Waals surface area contributed by atoms with Gasteiger partial charge >= 0.3 is 0 Å². The summed E-state index contributed by atoms with van der Waals surface area (Å²) in [4.78, 5) is 2.58. The molecule has 1 aromatic rings. The zero-order valence-electron chi connectivity index (χ0n) is 7.17. The lowest BCUT2D eigenvalue weighted by Crippen LogP contribution is -2.13. The Morgan fingerprint density at radius 3 is 2.69 bits per heavy atom. The second-order valence-corrected chi connectivity index (χ2v) is 2.76. The van der Waals surface area contributed by atoms with Crippen molar-refractivity contribution in [1.29, 1.82) is 0 Å². The van der Waals surface area contributed by atoms with Gasteiger partial charge in [-0.2, -0.15) is 0 Å². The highest BCUT2D eigenvalue weighted by Crippen LogP contribution is 2.02. The van der Waals surface area contributed by atoms with Crippen LogP contribution in [0, 0.1) is 0 Å². The molecule has 0 heterocycles. The summed E-state index contributed by atoms with van der Waals surface area (Å²) in [5.41, 5.74) is 9.07. The first-order valence-corrected chi connectivity index (χ1v) is 4.06. The van der Waals surface area contributed by atoms with Crippen LogP contribution in [-0.4, -0.2) is 17.8 Å². The number of rotatable bonds is 4. The predicted molar refractivity (Wildman–Crippen MR) is 50.2 cm³/mol. The van der Waals surface area contributed by atoms with E-state index in [-0.39, 0.29) is 6.54 Å². The maximum absolute atomic E-state index is 9.37. The Balaban J connectivity index is 2.45. The van der Waals surface area contributed by atoms with Crippen molar-refractivity contribution in [2.75, 3.05) is 6.54 Å². The minimum atomic E-state index is -0.585. The maximum Gasteiger partial charge on any atom is 0.0636 e. The molecule has 13 heavy (non-hydrogen) atoms. The summed E-state index contributed by atoms with van der Waals surface area (Å²) in [5.74, 6) is 0. The smallest absolute Gasteiger partial charge is 0.0636 e. The molecular weight excluding hydrogens is 166 g/mol. The van der Waals surface area contributed by atoms with Gasteiger partial charge in [-0.05, 0) is 17.5 Å². The van der Waals surface area contributed by atoms with Crippen molar-refractivity contribution in [3.8, 4) is 0 Å². The lowest BCUT2D eigenvalue weighted by atomic mass is 10.1. The highest BCUT2D eigenvalue weighted by molar-refractivity contribution is 5.15. The second kappa shape index (κ2) is 5.19. The number of hydrogen-bond donors (Lipinski definition) is 1. The normalized spacial score (nSPS) is 11.8. The van der Waals surface area contributed by atoms with Crippen LogP contribution in [0.3, 0.4) is 0 Å². The number of benzene rings is 1. The number of hydrogen-bond acceptors (Lipinski definition) is 2. The summed E-state index contributed by atoms with van der Waals surface area (Å²) in [5, 5.41) is 12.7. The Labute approximate surface area is 76.5 Å². The van der Waals surface area contributed by atoms with E-state index >= 15 is 0 Å². The Morgan fingerprint density at radius 1 is 1.38 bits per heavy atom. The predicted octanol–water partition coefficient (Wildman–Crippen LogP) is 1.90. The molecule has 0 radical (unpaired) electrons. The fourth-order valence-corrected chi connectivity index (χ4v) is 1.08. The number of aliphatic hydroxyl groups is 1. The average molecular weight is 177 g/mol. The van der Waals surface area contributed by atoms with Gasteiger partial charge in [0.2, 0.25) is 0 Å². The van der Waals surface area contributed by atoms with Crippen molar-refractivity contribution in [3.63, 3.8) is 0 Å². The molecule has 1 aromatic carbocycles. The largest absolute Gasteiger partial charge is 0.393 e. The quantitative estimate of drug-likeness (QED) is 0.426. The average Bonchev–Trinajstić information content (AvgIpc) is 2.16. The number of azide groups is 1. The van der Waals surface area contributed by atoms with Gasteiger partial charge < -0.3 is 5.11 Å². The maximum atomic E-state index is 9.37. The van der Waals surface area contributed by atoms with Gasteiger partial charge in [0, 0.05) is 4.91 Å². The molecule has 0 aliphatic rings.